The van der Waals surface area contributed by atoms with Crippen molar-refractivity contribution >= 4 is 39.7 Å². The second kappa shape index (κ2) is 21.8. The van der Waals surface area contributed by atoms with Gasteiger partial charge in [0, 0.05) is 17.7 Å². The molecule has 7 rings (SSSR count). The van der Waals surface area contributed by atoms with Gasteiger partial charge in [-0.05, 0) is 47.5 Å². The first kappa shape index (κ1) is 62.2. The number of aromatic carboxylic acids is 1. The summed E-state index contributed by atoms with van der Waals surface area (Å²) in [6, 6.07) is 10.9. The highest BCUT2D eigenvalue weighted by molar-refractivity contribution is 7.20. The van der Waals surface area contributed by atoms with E-state index in [4.69, 9.17) is 5.11 Å². The number of Topliss-reactive ketones (excluding diaryl/α,β-unsaturated/α-hetero) is 1. The first-order valence-electron chi connectivity index (χ1n) is 22.2. The molecule has 0 amide bonds. The number of carbonyl (C=O) groups excluding carboxylic acids is 1. The number of halogens is 24. The molecule has 0 aliphatic heterocycles. The normalized spacial score (nSPS) is 13.1. The van der Waals surface area contributed by atoms with E-state index in [-0.39, 0.29) is 17.9 Å². The van der Waals surface area contributed by atoms with Crippen LogP contribution in [-0.4, -0.2) is 23.0 Å². The first-order chi connectivity index (χ1) is 36.9. The van der Waals surface area contributed by atoms with Gasteiger partial charge >= 0.3 is 55.4 Å². The van der Waals surface area contributed by atoms with Crippen molar-refractivity contribution in [1.29, 1.82) is 0 Å². The van der Waals surface area contributed by atoms with Crippen molar-refractivity contribution in [3.05, 3.63) is 208 Å². The number of hydrogen-bond acceptors (Lipinski definition) is 2. The number of benzene rings is 6. The summed E-state index contributed by atoms with van der Waals surface area (Å²) >= 11 is 0. The zero-order chi connectivity index (χ0) is 60.9. The first-order valence-corrected chi connectivity index (χ1v) is 22.2. The zero-order valence-corrected chi connectivity index (χ0v) is 39.5. The fourth-order valence-electron chi connectivity index (χ4n) is 8.54. The SMILES string of the molecule is FC(F)(F)c1cc([B-](c2cc(C(F)(F)F)cc(C(F)(F)F)c2)(c2cc(C(F)(F)F)cc(C(F)(F)F)c2)c2cc(C(F)(F)F)cc(C(F)(F)F)c2)cc(C(F)(F)F)c1.O=C(O)c1cccc(-c2cc[n+](CC(=O)c3ccccc3)cc2)c1. The summed E-state index contributed by atoms with van der Waals surface area (Å²) in [5.41, 5.74) is -27.5. The molecule has 29 heteroatoms. The molecule has 0 radical (unpaired) electrons. The molecule has 1 N–H and O–H groups in total. The van der Waals surface area contributed by atoms with Crippen LogP contribution in [0.5, 0.6) is 0 Å². The Hall–Kier alpha value is -8.01. The van der Waals surface area contributed by atoms with Crippen LogP contribution in [0.2, 0.25) is 0 Å². The quantitative estimate of drug-likeness (QED) is 0.0678. The molecule has 7 aromatic rings. The molecule has 0 saturated carbocycles. The lowest BCUT2D eigenvalue weighted by Gasteiger charge is -2.46. The minimum atomic E-state index is -6.13. The van der Waals surface area contributed by atoms with E-state index in [0.29, 0.717) is 5.56 Å². The molecule has 430 valence electrons. The largest absolute Gasteiger partial charge is 0.478 e. The van der Waals surface area contributed by atoms with Crippen molar-refractivity contribution in [2.75, 3.05) is 0 Å². The number of aromatic nitrogens is 1. The van der Waals surface area contributed by atoms with Crippen molar-refractivity contribution < 1.29 is 125 Å². The Kier molecular flexibility index (Phi) is 16.7. The second-order valence-corrected chi connectivity index (χ2v) is 17.7. The Bertz CT molecular complexity index is 3010. The van der Waals surface area contributed by atoms with Crippen LogP contribution < -0.4 is 26.4 Å². The highest BCUT2D eigenvalue weighted by atomic mass is 19.4. The fourth-order valence-corrected chi connectivity index (χ4v) is 8.54. The van der Waals surface area contributed by atoms with Crippen molar-refractivity contribution in [2.24, 2.45) is 0 Å². The van der Waals surface area contributed by atoms with E-state index in [1.807, 2.05) is 48.8 Å². The Balaban J connectivity index is 0.000000363. The summed E-state index contributed by atoms with van der Waals surface area (Å²) in [5, 5.41) is 9.07. The smallest absolute Gasteiger partial charge is 0.416 e. The summed E-state index contributed by atoms with van der Waals surface area (Å²) in [6.07, 6.45) is -51.2. The number of carboxylic acid groups (broad SMARTS) is 1. The minimum absolute atomic E-state index is 0.0428. The van der Waals surface area contributed by atoms with Crippen LogP contribution in [-0.2, 0) is 56.0 Å². The molecule has 6 aromatic carbocycles. The van der Waals surface area contributed by atoms with Crippen molar-refractivity contribution in [2.45, 2.75) is 56.0 Å². The van der Waals surface area contributed by atoms with Crippen molar-refractivity contribution in [3.8, 4) is 11.1 Å². The molecule has 0 spiro atoms. The lowest BCUT2D eigenvalue weighted by atomic mass is 9.12. The molecule has 0 fully saturated rings. The van der Waals surface area contributed by atoms with E-state index in [1.165, 1.54) is 0 Å². The molecule has 1 heterocycles. The molecule has 1 aromatic heterocycles. The van der Waals surface area contributed by atoms with E-state index in [2.05, 4.69) is 0 Å². The highest BCUT2D eigenvalue weighted by Crippen LogP contribution is 2.41. The van der Waals surface area contributed by atoms with E-state index in [0.717, 1.165) is 11.1 Å². The third kappa shape index (κ3) is 14.5. The molecule has 0 saturated heterocycles. The monoisotopic (exact) mass is 1180 g/mol. The van der Waals surface area contributed by atoms with Gasteiger partial charge in [-0.25, -0.2) is 4.79 Å². The van der Waals surface area contributed by atoms with Crippen LogP contribution in [0.3, 0.4) is 0 Å². The van der Waals surface area contributed by atoms with Gasteiger partial charge in [0.1, 0.15) is 6.15 Å². The summed E-state index contributed by atoms with van der Waals surface area (Å²) < 4.78 is 343. The molecule has 0 aliphatic rings. The molecular formula is C52H28BF24NO3. The van der Waals surface area contributed by atoms with E-state index >= 15 is 0 Å². The number of ketones is 1. The van der Waals surface area contributed by atoms with Gasteiger partial charge in [-0.2, -0.15) is 132 Å². The van der Waals surface area contributed by atoms with Gasteiger partial charge in [-0.15, -0.1) is 0 Å². The van der Waals surface area contributed by atoms with Crippen LogP contribution >= 0.6 is 0 Å². The predicted octanol–water partition coefficient (Wildman–Crippen LogP) is 14.4. The molecule has 4 nitrogen and oxygen atoms in total. The van der Waals surface area contributed by atoms with Gasteiger partial charge in [-0.1, -0.05) is 91.0 Å². The summed E-state index contributed by atoms with van der Waals surface area (Å²) in [4.78, 5) is 23.3. The van der Waals surface area contributed by atoms with Crippen LogP contribution in [0.25, 0.3) is 11.1 Å². The lowest BCUT2D eigenvalue weighted by molar-refractivity contribution is -0.683. The van der Waals surface area contributed by atoms with Gasteiger partial charge < -0.3 is 5.11 Å². The van der Waals surface area contributed by atoms with Crippen molar-refractivity contribution in [1.82, 2.24) is 0 Å². The van der Waals surface area contributed by atoms with E-state index in [1.54, 1.807) is 34.9 Å². The average molecular weight is 1180 g/mol. The molecule has 0 unspecified atom stereocenters. The molecular weight excluding hydrogens is 1150 g/mol. The fraction of sp³-hybridized carbons (Fsp3) is 0.173. The third-order valence-corrected chi connectivity index (χ3v) is 12.2. The number of alkyl halides is 24. The van der Waals surface area contributed by atoms with Crippen LogP contribution in [0.4, 0.5) is 105 Å². The number of carbonyl (C=O) groups is 2. The van der Waals surface area contributed by atoms with Crippen molar-refractivity contribution in [3.63, 3.8) is 0 Å². The molecule has 0 aliphatic carbocycles. The third-order valence-electron chi connectivity index (χ3n) is 12.2. The molecule has 0 atom stereocenters. The van der Waals surface area contributed by atoms with Crippen LogP contribution in [0.15, 0.2) is 152 Å². The zero-order valence-electron chi connectivity index (χ0n) is 39.5. The molecule has 81 heavy (non-hydrogen) atoms. The predicted molar refractivity (Wildman–Crippen MR) is 240 cm³/mol. The number of nitrogens with zero attached hydrogens (tertiary/aromatic N) is 1. The van der Waals surface area contributed by atoms with Crippen LogP contribution in [0.1, 0.15) is 65.2 Å². The second-order valence-electron chi connectivity index (χ2n) is 17.7. The summed E-state index contributed by atoms with van der Waals surface area (Å²) in [7, 11) is 0. The topological polar surface area (TPSA) is 58.2 Å². The lowest BCUT2D eigenvalue weighted by Crippen LogP contribution is -2.75. The van der Waals surface area contributed by atoms with E-state index in [9.17, 15) is 115 Å². The van der Waals surface area contributed by atoms with Gasteiger partial charge in [0.05, 0.1) is 50.1 Å². The maximum Gasteiger partial charge on any atom is 0.416 e. The molecule has 0 bridgehead atoms. The summed E-state index contributed by atoms with van der Waals surface area (Å²) in [6.45, 7) is 0.263. The summed E-state index contributed by atoms with van der Waals surface area (Å²) in [5.74, 6) is -0.905. The van der Waals surface area contributed by atoms with Gasteiger partial charge in [-0.3, -0.25) is 4.79 Å². The maximum atomic E-state index is 14.2. The number of pyridine rings is 1. The maximum absolute atomic E-state index is 14.2. The Morgan fingerprint density at radius 1 is 0.333 bits per heavy atom. The van der Waals surface area contributed by atoms with Gasteiger partial charge in [0.25, 0.3) is 0 Å². The minimum Gasteiger partial charge on any atom is -0.478 e. The standard InChI is InChI=1S/C32H12BF24.C20H15NO3/c34-25(35,36)13-1-14(26(37,38)39)6-21(5-13)33(22-7-15(27(40,41)42)2-16(8-22)28(43,44)45,23-9-17(29(46,47)48)3-18(10-23)30(49,50)51)24-11-19(31(52,53)54)4-20(12-24)32(55,56)57;22-19(16-5-2-1-3-6-16)14-21-11-9-15(10-12-21)17-7-4-8-18(13-17)20(23)24/h1-12H;1-13H,14H2/q-1;/p+1. The van der Waals surface area contributed by atoms with Crippen LogP contribution in [0, 0.1) is 0 Å². The van der Waals surface area contributed by atoms with Gasteiger partial charge in [0.2, 0.25) is 12.3 Å². The number of carboxylic acids is 1. The Morgan fingerprint density at radius 3 is 0.864 bits per heavy atom. The number of hydrogen-bond donors (Lipinski definition) is 1. The highest BCUT2D eigenvalue weighted by Gasteiger charge is 2.47. The van der Waals surface area contributed by atoms with Gasteiger partial charge in [0.15, 0.2) is 12.4 Å². The van der Waals surface area contributed by atoms with E-state index < -0.39 is 201 Å². The Morgan fingerprint density at radius 2 is 0.605 bits per heavy atom. The Labute approximate surface area is 438 Å². The number of rotatable bonds is 9. The average Bonchev–Trinajstić information content (AvgIpc) is 2.87.